The molecule has 0 spiro atoms. The fourth-order valence-electron chi connectivity index (χ4n) is 0.190. The fourth-order valence-corrected chi connectivity index (χ4v) is 0.190. The second-order valence-corrected chi connectivity index (χ2v) is 1.23. The van der Waals surface area contributed by atoms with Crippen molar-refractivity contribution in [2.75, 3.05) is 7.11 Å². The minimum atomic E-state index is -0.778. The molecule has 0 amide bonds. The minimum absolute atomic E-state index is 0.182. The second-order valence-electron chi connectivity index (χ2n) is 1.23. The lowest BCUT2D eigenvalue weighted by Gasteiger charge is -1.98. The summed E-state index contributed by atoms with van der Waals surface area (Å²) in [7, 11) is 1.22. The first-order chi connectivity index (χ1) is 4.20. The summed E-state index contributed by atoms with van der Waals surface area (Å²) in [6.45, 7) is 6.64. The quantitative estimate of drug-likeness (QED) is 0.321. The molecule has 0 aromatic carbocycles. The Labute approximate surface area is 53.6 Å². The minimum Gasteiger partial charge on any atom is -0.437 e. The molecule has 0 unspecified atom stereocenters. The number of carbonyl (C=O) groups is 1. The van der Waals surface area contributed by atoms with Crippen molar-refractivity contribution in [3.63, 3.8) is 0 Å². The topological polar surface area (TPSA) is 35.5 Å². The molecule has 0 aliphatic carbocycles. The monoisotopic (exact) mass is 128 g/mol. The van der Waals surface area contributed by atoms with Crippen molar-refractivity contribution < 1.29 is 14.3 Å². The highest BCUT2D eigenvalue weighted by Crippen LogP contribution is 1.94. The highest BCUT2D eigenvalue weighted by atomic mass is 16.7. The van der Waals surface area contributed by atoms with Crippen molar-refractivity contribution in [3.05, 3.63) is 25.0 Å². The van der Waals surface area contributed by atoms with Gasteiger partial charge in [0.2, 0.25) is 0 Å². The maximum atomic E-state index is 10.2. The van der Waals surface area contributed by atoms with Crippen LogP contribution in [0.5, 0.6) is 0 Å². The van der Waals surface area contributed by atoms with Crippen molar-refractivity contribution in [2.24, 2.45) is 0 Å². The standard InChI is InChI=1S/C6H8O3/c1-4-5(2)9-6(7)8-3/h4H,1-2H2,3H3. The van der Waals surface area contributed by atoms with Crippen molar-refractivity contribution in [1.82, 2.24) is 0 Å². The molecule has 0 saturated carbocycles. The van der Waals surface area contributed by atoms with Crippen LogP contribution in [0.4, 0.5) is 4.79 Å². The zero-order chi connectivity index (χ0) is 7.28. The lowest BCUT2D eigenvalue weighted by atomic mass is 10.6. The van der Waals surface area contributed by atoms with E-state index in [1.54, 1.807) is 0 Å². The summed E-state index contributed by atoms with van der Waals surface area (Å²) in [6, 6.07) is 0. The maximum absolute atomic E-state index is 10.2. The van der Waals surface area contributed by atoms with E-state index in [1.165, 1.54) is 13.2 Å². The van der Waals surface area contributed by atoms with Gasteiger partial charge < -0.3 is 9.47 Å². The number of allylic oxidation sites excluding steroid dienone is 1. The fraction of sp³-hybridized carbons (Fsp3) is 0.167. The molecule has 0 aliphatic heterocycles. The van der Waals surface area contributed by atoms with Crippen LogP contribution in [0.1, 0.15) is 0 Å². The number of hydrogen-bond donors (Lipinski definition) is 0. The van der Waals surface area contributed by atoms with Gasteiger partial charge in [0.05, 0.1) is 7.11 Å². The van der Waals surface area contributed by atoms with E-state index in [0.717, 1.165) is 0 Å². The van der Waals surface area contributed by atoms with Crippen LogP contribution in [0.25, 0.3) is 0 Å². The van der Waals surface area contributed by atoms with Gasteiger partial charge >= 0.3 is 6.16 Å². The van der Waals surface area contributed by atoms with E-state index >= 15 is 0 Å². The van der Waals surface area contributed by atoms with E-state index in [0.29, 0.717) is 0 Å². The summed E-state index contributed by atoms with van der Waals surface area (Å²) in [4.78, 5) is 10.2. The van der Waals surface area contributed by atoms with Gasteiger partial charge in [0.25, 0.3) is 0 Å². The molecule has 0 bridgehead atoms. The van der Waals surface area contributed by atoms with Crippen LogP contribution in [0, 0.1) is 0 Å². The van der Waals surface area contributed by atoms with E-state index in [2.05, 4.69) is 22.6 Å². The molecule has 9 heavy (non-hydrogen) atoms. The highest BCUT2D eigenvalue weighted by molar-refractivity contribution is 5.61. The lowest BCUT2D eigenvalue weighted by Crippen LogP contribution is -2.01. The highest BCUT2D eigenvalue weighted by Gasteiger charge is 1.98. The lowest BCUT2D eigenvalue weighted by molar-refractivity contribution is 0.100. The van der Waals surface area contributed by atoms with Gasteiger partial charge in [0.15, 0.2) is 0 Å². The van der Waals surface area contributed by atoms with E-state index < -0.39 is 6.16 Å². The van der Waals surface area contributed by atoms with Crippen molar-refractivity contribution in [2.45, 2.75) is 0 Å². The summed E-state index contributed by atoms with van der Waals surface area (Å²) < 4.78 is 8.53. The Morgan fingerprint density at radius 2 is 2.22 bits per heavy atom. The second kappa shape index (κ2) is 3.72. The Morgan fingerprint density at radius 3 is 2.56 bits per heavy atom. The zero-order valence-electron chi connectivity index (χ0n) is 5.22. The first-order valence-corrected chi connectivity index (χ1v) is 2.28. The molecule has 0 atom stereocenters. The average Bonchev–Trinajstić information content (AvgIpc) is 1.87. The summed E-state index contributed by atoms with van der Waals surface area (Å²) >= 11 is 0. The van der Waals surface area contributed by atoms with Gasteiger partial charge in [-0.15, -0.1) is 0 Å². The van der Waals surface area contributed by atoms with Crippen LogP contribution in [0.2, 0.25) is 0 Å². The van der Waals surface area contributed by atoms with E-state index in [-0.39, 0.29) is 5.76 Å². The Balaban J connectivity index is 3.59. The maximum Gasteiger partial charge on any atom is 0.513 e. The number of ether oxygens (including phenoxy) is 2. The van der Waals surface area contributed by atoms with E-state index in [1.807, 2.05) is 0 Å². The molecule has 0 fully saturated rings. The molecule has 0 N–H and O–H groups in total. The molecule has 0 rings (SSSR count). The molecular weight excluding hydrogens is 120 g/mol. The molecule has 0 heterocycles. The zero-order valence-corrected chi connectivity index (χ0v) is 5.22. The molecule has 50 valence electrons. The van der Waals surface area contributed by atoms with Gasteiger partial charge in [-0.2, -0.15) is 0 Å². The normalized spacial score (nSPS) is 7.67. The van der Waals surface area contributed by atoms with Crippen LogP contribution >= 0.6 is 0 Å². The van der Waals surface area contributed by atoms with E-state index in [9.17, 15) is 4.79 Å². The molecule has 3 nitrogen and oxygen atoms in total. The molecular formula is C6H8O3. The Bertz CT molecular complexity index is 137. The van der Waals surface area contributed by atoms with Crippen LogP contribution in [0.15, 0.2) is 25.0 Å². The van der Waals surface area contributed by atoms with Gasteiger partial charge in [0, 0.05) is 0 Å². The van der Waals surface area contributed by atoms with Crippen molar-refractivity contribution >= 4 is 6.16 Å². The van der Waals surface area contributed by atoms with Crippen molar-refractivity contribution in [1.29, 1.82) is 0 Å². The van der Waals surface area contributed by atoms with Gasteiger partial charge in [-0.3, -0.25) is 0 Å². The summed E-state index contributed by atoms with van der Waals surface area (Å²) in [5.74, 6) is 0.182. The third-order valence-corrected chi connectivity index (χ3v) is 0.609. The molecule has 0 aromatic rings. The van der Waals surface area contributed by atoms with Crippen LogP contribution in [-0.2, 0) is 9.47 Å². The summed E-state index contributed by atoms with van der Waals surface area (Å²) in [5, 5.41) is 0. The molecule has 3 heteroatoms. The smallest absolute Gasteiger partial charge is 0.437 e. The predicted molar refractivity (Wildman–Crippen MR) is 32.8 cm³/mol. The van der Waals surface area contributed by atoms with Gasteiger partial charge in [-0.1, -0.05) is 13.2 Å². The Hall–Kier alpha value is -1.25. The van der Waals surface area contributed by atoms with Gasteiger partial charge in [0.1, 0.15) is 5.76 Å². The number of rotatable bonds is 2. The third kappa shape index (κ3) is 3.34. The Kier molecular flexibility index (Phi) is 3.20. The average molecular weight is 128 g/mol. The van der Waals surface area contributed by atoms with Crippen LogP contribution < -0.4 is 0 Å². The first kappa shape index (κ1) is 7.75. The van der Waals surface area contributed by atoms with E-state index in [4.69, 9.17) is 0 Å². The number of carbonyl (C=O) groups excluding carboxylic acids is 1. The molecule has 0 aromatic heterocycles. The largest absolute Gasteiger partial charge is 0.513 e. The molecule has 0 radical (unpaired) electrons. The van der Waals surface area contributed by atoms with Crippen LogP contribution in [-0.4, -0.2) is 13.3 Å². The summed E-state index contributed by atoms with van der Waals surface area (Å²) in [6.07, 6.45) is 0.539. The van der Waals surface area contributed by atoms with Gasteiger partial charge in [-0.05, 0) is 6.08 Å². The van der Waals surface area contributed by atoms with Crippen molar-refractivity contribution in [3.8, 4) is 0 Å². The van der Waals surface area contributed by atoms with Crippen LogP contribution in [0.3, 0.4) is 0 Å². The number of hydrogen-bond acceptors (Lipinski definition) is 3. The summed E-state index contributed by atoms with van der Waals surface area (Å²) in [5.41, 5.74) is 0. The molecule has 0 aliphatic rings. The predicted octanol–water partition coefficient (Wildman–Crippen LogP) is 1.47. The third-order valence-electron chi connectivity index (χ3n) is 0.609. The SMILES string of the molecule is C=CC(=C)OC(=O)OC. The number of methoxy groups -OCH3 is 1. The molecule has 0 saturated heterocycles. The first-order valence-electron chi connectivity index (χ1n) is 2.28. The van der Waals surface area contributed by atoms with Gasteiger partial charge in [-0.25, -0.2) is 4.79 Å². The Morgan fingerprint density at radius 1 is 1.67 bits per heavy atom.